The van der Waals surface area contributed by atoms with Crippen LogP contribution in [0.5, 0.6) is 5.75 Å². The summed E-state index contributed by atoms with van der Waals surface area (Å²) in [5.74, 6) is 0.172. The summed E-state index contributed by atoms with van der Waals surface area (Å²) in [6.45, 7) is 5.85. The Hall–Kier alpha value is -3.21. The Morgan fingerprint density at radius 1 is 0.829 bits per heavy atom. The predicted molar refractivity (Wildman–Crippen MR) is 131 cm³/mol. The van der Waals surface area contributed by atoms with Gasteiger partial charge in [-0.3, -0.25) is 10.1 Å². The zero-order chi connectivity index (χ0) is 25.1. The zero-order valence-electron chi connectivity index (χ0n) is 20.1. The highest BCUT2D eigenvalue weighted by atomic mass is 16.6. The van der Waals surface area contributed by atoms with Crippen LogP contribution in [0.4, 0.5) is 11.4 Å². The first kappa shape index (κ1) is 28.0. The maximum absolute atomic E-state index is 12.0. The van der Waals surface area contributed by atoms with Crippen molar-refractivity contribution < 1.29 is 33.4 Å². The number of hydrogen-bond acceptors (Lipinski definition) is 9. The molecule has 35 heavy (non-hydrogen) atoms. The van der Waals surface area contributed by atoms with Crippen LogP contribution in [0.2, 0.25) is 0 Å². The molecule has 10 heteroatoms. The number of nitrogens with zero attached hydrogens (tertiary/aromatic N) is 1. The molecule has 0 atom stereocenters. The number of hydrogen-bond donors (Lipinski definition) is 1. The second-order valence-electron chi connectivity index (χ2n) is 7.43. The number of ether oxygens (including phenoxy) is 5. The molecule has 0 aliphatic rings. The molecule has 0 aliphatic heterocycles. The van der Waals surface area contributed by atoms with Crippen molar-refractivity contribution in [3.8, 4) is 5.75 Å². The lowest BCUT2D eigenvalue weighted by atomic mass is 10.2. The second kappa shape index (κ2) is 17.3. The molecule has 2 rings (SSSR count). The van der Waals surface area contributed by atoms with Gasteiger partial charge in [-0.05, 0) is 42.8 Å². The maximum Gasteiger partial charge on any atom is 0.338 e. The van der Waals surface area contributed by atoms with Gasteiger partial charge in [-0.25, -0.2) is 4.79 Å². The minimum Gasteiger partial charge on any atom is -0.491 e. The predicted octanol–water partition coefficient (Wildman–Crippen LogP) is 4.09. The maximum atomic E-state index is 12.0. The molecule has 0 fully saturated rings. The molecule has 0 bridgehead atoms. The molecule has 0 aromatic heterocycles. The molecule has 0 aliphatic carbocycles. The Labute approximate surface area is 205 Å². The van der Waals surface area contributed by atoms with Crippen LogP contribution >= 0.6 is 0 Å². The van der Waals surface area contributed by atoms with E-state index in [-0.39, 0.29) is 18.3 Å². The Morgan fingerprint density at radius 3 is 1.97 bits per heavy atom. The molecule has 192 valence electrons. The third-order valence-corrected chi connectivity index (χ3v) is 4.73. The van der Waals surface area contributed by atoms with E-state index in [2.05, 4.69) is 12.2 Å². The lowest BCUT2D eigenvalue weighted by Crippen LogP contribution is -2.15. The first-order chi connectivity index (χ1) is 17.1. The Morgan fingerprint density at radius 2 is 1.40 bits per heavy atom. The fourth-order valence-corrected chi connectivity index (χ4v) is 2.83. The van der Waals surface area contributed by atoms with Gasteiger partial charge in [-0.15, -0.1) is 0 Å². The summed E-state index contributed by atoms with van der Waals surface area (Å²) < 4.78 is 26.9. The molecule has 0 spiro atoms. The van der Waals surface area contributed by atoms with Crippen molar-refractivity contribution in [3.05, 3.63) is 64.2 Å². The summed E-state index contributed by atoms with van der Waals surface area (Å²) >= 11 is 0. The van der Waals surface area contributed by atoms with Crippen LogP contribution in [-0.2, 0) is 18.9 Å². The van der Waals surface area contributed by atoms with Gasteiger partial charge >= 0.3 is 5.97 Å². The summed E-state index contributed by atoms with van der Waals surface area (Å²) in [6.07, 6.45) is 2.23. The van der Waals surface area contributed by atoms with Crippen molar-refractivity contribution in [1.82, 2.24) is 0 Å². The normalized spacial score (nSPS) is 10.7. The SMILES string of the molecule is CCCCNc1ccc(C(=O)OCCOCCOCCOCCOc2ccc([N+](=O)[O-])cc2)cc1. The van der Waals surface area contributed by atoms with Gasteiger partial charge in [0.1, 0.15) is 19.0 Å². The van der Waals surface area contributed by atoms with Gasteiger partial charge in [-0.2, -0.15) is 0 Å². The molecular formula is C25H34N2O8. The van der Waals surface area contributed by atoms with Gasteiger partial charge in [0, 0.05) is 24.4 Å². The number of carbonyl (C=O) groups is 1. The number of anilines is 1. The van der Waals surface area contributed by atoms with Crippen LogP contribution in [0.1, 0.15) is 30.1 Å². The molecule has 10 nitrogen and oxygen atoms in total. The number of nitrogens with one attached hydrogen (secondary N) is 1. The highest BCUT2D eigenvalue weighted by Crippen LogP contribution is 2.17. The van der Waals surface area contributed by atoms with Crippen LogP contribution in [0.3, 0.4) is 0 Å². The van der Waals surface area contributed by atoms with Gasteiger partial charge < -0.3 is 29.0 Å². The summed E-state index contributed by atoms with van der Waals surface area (Å²) in [4.78, 5) is 22.2. The second-order valence-corrected chi connectivity index (χ2v) is 7.43. The largest absolute Gasteiger partial charge is 0.491 e. The summed E-state index contributed by atoms with van der Waals surface area (Å²) in [5, 5.41) is 13.9. The van der Waals surface area contributed by atoms with Crippen molar-refractivity contribution in [2.24, 2.45) is 0 Å². The Kier molecular flexibility index (Phi) is 13.8. The lowest BCUT2D eigenvalue weighted by molar-refractivity contribution is -0.384. The number of benzene rings is 2. The van der Waals surface area contributed by atoms with E-state index in [1.165, 1.54) is 12.1 Å². The number of carbonyl (C=O) groups excluding carboxylic acids is 1. The third kappa shape index (κ3) is 12.2. The minimum absolute atomic E-state index is 0.0207. The van der Waals surface area contributed by atoms with Gasteiger partial charge in [0.2, 0.25) is 0 Å². The van der Waals surface area contributed by atoms with Gasteiger partial charge in [0.05, 0.1) is 50.1 Å². The molecule has 0 saturated carbocycles. The standard InChI is InChI=1S/C25H34N2O8/c1-2-3-12-26-22-6-4-21(5-7-22)25(28)35-20-18-33-16-14-31-13-15-32-17-19-34-24-10-8-23(9-11-24)27(29)30/h4-11,26H,2-3,12-20H2,1H3. The van der Waals surface area contributed by atoms with E-state index < -0.39 is 4.92 Å². The quantitative estimate of drug-likeness (QED) is 0.134. The first-order valence-corrected chi connectivity index (χ1v) is 11.7. The van der Waals surface area contributed by atoms with Gasteiger partial charge in [-0.1, -0.05) is 13.3 Å². The number of non-ortho nitro benzene ring substituents is 1. The van der Waals surface area contributed by atoms with E-state index >= 15 is 0 Å². The number of nitro benzene ring substituents is 1. The fourth-order valence-electron chi connectivity index (χ4n) is 2.83. The first-order valence-electron chi connectivity index (χ1n) is 11.7. The molecule has 0 heterocycles. The van der Waals surface area contributed by atoms with Crippen LogP contribution in [-0.4, -0.2) is 70.3 Å². The van der Waals surface area contributed by atoms with Gasteiger partial charge in [0.15, 0.2) is 0 Å². The average Bonchev–Trinajstić information content (AvgIpc) is 2.87. The van der Waals surface area contributed by atoms with E-state index in [0.29, 0.717) is 57.6 Å². The summed E-state index contributed by atoms with van der Waals surface area (Å²) in [7, 11) is 0. The number of rotatable bonds is 19. The topological polar surface area (TPSA) is 118 Å². The molecule has 2 aromatic carbocycles. The van der Waals surface area contributed by atoms with E-state index in [9.17, 15) is 14.9 Å². The number of esters is 1. The van der Waals surface area contributed by atoms with Crippen molar-refractivity contribution in [3.63, 3.8) is 0 Å². The van der Waals surface area contributed by atoms with Crippen molar-refractivity contribution in [1.29, 1.82) is 0 Å². The Balaban J connectivity index is 1.39. The monoisotopic (exact) mass is 490 g/mol. The summed E-state index contributed by atoms with van der Waals surface area (Å²) in [6, 6.07) is 13.1. The highest BCUT2D eigenvalue weighted by molar-refractivity contribution is 5.89. The molecular weight excluding hydrogens is 456 g/mol. The van der Waals surface area contributed by atoms with Crippen LogP contribution in [0.25, 0.3) is 0 Å². The zero-order valence-corrected chi connectivity index (χ0v) is 20.1. The van der Waals surface area contributed by atoms with Crippen molar-refractivity contribution >= 4 is 17.3 Å². The summed E-state index contributed by atoms with van der Waals surface area (Å²) in [5.41, 5.74) is 1.51. The molecule has 0 radical (unpaired) electrons. The van der Waals surface area contributed by atoms with E-state index in [0.717, 1.165) is 25.1 Å². The molecule has 2 aromatic rings. The smallest absolute Gasteiger partial charge is 0.338 e. The fraction of sp³-hybridized carbons (Fsp3) is 0.480. The number of unbranched alkanes of at least 4 members (excludes halogenated alkanes) is 1. The third-order valence-electron chi connectivity index (χ3n) is 4.73. The van der Waals surface area contributed by atoms with Crippen LogP contribution in [0, 0.1) is 10.1 Å². The minimum atomic E-state index is -0.458. The average molecular weight is 491 g/mol. The van der Waals surface area contributed by atoms with Crippen molar-refractivity contribution in [2.45, 2.75) is 19.8 Å². The van der Waals surface area contributed by atoms with Crippen LogP contribution < -0.4 is 10.1 Å². The van der Waals surface area contributed by atoms with Gasteiger partial charge in [0.25, 0.3) is 5.69 Å². The molecule has 0 unspecified atom stereocenters. The molecule has 1 N–H and O–H groups in total. The Bertz CT molecular complexity index is 859. The van der Waals surface area contributed by atoms with E-state index in [1.54, 1.807) is 24.3 Å². The van der Waals surface area contributed by atoms with E-state index in [4.69, 9.17) is 23.7 Å². The van der Waals surface area contributed by atoms with Crippen LogP contribution in [0.15, 0.2) is 48.5 Å². The lowest BCUT2D eigenvalue weighted by Gasteiger charge is -2.09. The highest BCUT2D eigenvalue weighted by Gasteiger charge is 2.07. The van der Waals surface area contributed by atoms with Crippen molar-refractivity contribution in [2.75, 3.05) is 64.7 Å². The number of nitro groups is 1. The molecule has 0 amide bonds. The van der Waals surface area contributed by atoms with E-state index in [1.807, 2.05) is 12.1 Å². The molecule has 0 saturated heterocycles.